The van der Waals surface area contributed by atoms with Crippen LogP contribution in [0, 0.1) is 0 Å². The Balaban J connectivity index is 1.86. The predicted octanol–water partition coefficient (Wildman–Crippen LogP) is 0.479. The number of hydrogen-bond acceptors (Lipinski definition) is 2. The van der Waals surface area contributed by atoms with Gasteiger partial charge in [-0.2, -0.15) is 0 Å². The monoisotopic (exact) mass is 127 g/mol. The SMILES string of the molecule is CCN1CC[C@@H]2O[C@H]2C1. The summed E-state index contributed by atoms with van der Waals surface area (Å²) < 4.78 is 5.37. The van der Waals surface area contributed by atoms with Gasteiger partial charge in [0.25, 0.3) is 0 Å². The molecule has 0 spiro atoms. The van der Waals surface area contributed by atoms with Gasteiger partial charge in [-0.3, -0.25) is 0 Å². The predicted molar refractivity (Wildman–Crippen MR) is 35.4 cm³/mol. The van der Waals surface area contributed by atoms with Gasteiger partial charge in [0.05, 0.1) is 12.2 Å². The molecule has 0 aromatic heterocycles. The summed E-state index contributed by atoms with van der Waals surface area (Å²) in [5, 5.41) is 0. The van der Waals surface area contributed by atoms with Crippen molar-refractivity contribution in [3.8, 4) is 0 Å². The molecule has 2 heterocycles. The zero-order chi connectivity index (χ0) is 6.27. The first kappa shape index (κ1) is 5.69. The van der Waals surface area contributed by atoms with E-state index in [9.17, 15) is 0 Å². The quantitative estimate of drug-likeness (QED) is 0.476. The van der Waals surface area contributed by atoms with E-state index in [0.29, 0.717) is 12.2 Å². The first-order chi connectivity index (χ1) is 4.40. The molecule has 0 N–H and O–H groups in total. The van der Waals surface area contributed by atoms with E-state index >= 15 is 0 Å². The van der Waals surface area contributed by atoms with Crippen LogP contribution in [-0.4, -0.2) is 36.7 Å². The van der Waals surface area contributed by atoms with Crippen molar-refractivity contribution in [2.75, 3.05) is 19.6 Å². The second-order valence-electron chi connectivity index (χ2n) is 2.89. The molecule has 2 nitrogen and oxygen atoms in total. The maximum absolute atomic E-state index is 5.37. The smallest absolute Gasteiger partial charge is 0.0968 e. The van der Waals surface area contributed by atoms with Gasteiger partial charge in [0.1, 0.15) is 0 Å². The Bertz CT molecular complexity index is 115. The Kier molecular flexibility index (Phi) is 1.24. The Labute approximate surface area is 55.8 Å². The highest BCUT2D eigenvalue weighted by molar-refractivity contribution is 4.92. The molecule has 52 valence electrons. The highest BCUT2D eigenvalue weighted by Crippen LogP contribution is 2.30. The number of rotatable bonds is 1. The lowest BCUT2D eigenvalue weighted by atomic mass is 10.1. The van der Waals surface area contributed by atoms with Crippen molar-refractivity contribution in [3.05, 3.63) is 0 Å². The summed E-state index contributed by atoms with van der Waals surface area (Å²) >= 11 is 0. The van der Waals surface area contributed by atoms with Gasteiger partial charge in [-0.1, -0.05) is 6.92 Å². The Hall–Kier alpha value is -0.0800. The van der Waals surface area contributed by atoms with Crippen molar-refractivity contribution in [3.63, 3.8) is 0 Å². The van der Waals surface area contributed by atoms with Crippen LogP contribution < -0.4 is 0 Å². The van der Waals surface area contributed by atoms with Crippen molar-refractivity contribution in [1.29, 1.82) is 0 Å². The molecule has 0 bridgehead atoms. The molecule has 0 aromatic carbocycles. The number of nitrogens with zero attached hydrogens (tertiary/aromatic N) is 1. The van der Waals surface area contributed by atoms with Gasteiger partial charge >= 0.3 is 0 Å². The molecular formula is C7H13NO. The number of ether oxygens (including phenoxy) is 1. The van der Waals surface area contributed by atoms with E-state index in [2.05, 4.69) is 11.8 Å². The number of hydrogen-bond donors (Lipinski definition) is 0. The molecule has 0 saturated carbocycles. The molecule has 0 unspecified atom stereocenters. The molecule has 0 amide bonds. The molecule has 2 atom stereocenters. The zero-order valence-corrected chi connectivity index (χ0v) is 5.84. The Morgan fingerprint density at radius 1 is 1.56 bits per heavy atom. The third kappa shape index (κ3) is 0.970. The second-order valence-corrected chi connectivity index (χ2v) is 2.89. The van der Waals surface area contributed by atoms with Crippen LogP contribution in [0.15, 0.2) is 0 Å². The summed E-state index contributed by atoms with van der Waals surface area (Å²) in [6.45, 7) is 5.83. The fourth-order valence-corrected chi connectivity index (χ4v) is 1.54. The highest BCUT2D eigenvalue weighted by Gasteiger charge is 2.42. The van der Waals surface area contributed by atoms with Crippen LogP contribution in [0.5, 0.6) is 0 Å². The van der Waals surface area contributed by atoms with Crippen LogP contribution in [0.1, 0.15) is 13.3 Å². The van der Waals surface area contributed by atoms with Crippen LogP contribution in [0.4, 0.5) is 0 Å². The summed E-state index contributed by atoms with van der Waals surface area (Å²) in [7, 11) is 0. The third-order valence-electron chi connectivity index (χ3n) is 2.30. The van der Waals surface area contributed by atoms with E-state index in [1.807, 2.05) is 0 Å². The fraction of sp³-hybridized carbons (Fsp3) is 1.00. The lowest BCUT2D eigenvalue weighted by Crippen LogP contribution is -2.34. The average Bonchev–Trinajstić information content (AvgIpc) is 2.64. The van der Waals surface area contributed by atoms with Gasteiger partial charge in [-0.05, 0) is 13.0 Å². The number of likely N-dealkylation sites (tertiary alicyclic amines) is 1. The first-order valence-electron chi connectivity index (χ1n) is 3.78. The zero-order valence-electron chi connectivity index (χ0n) is 5.84. The molecule has 0 aliphatic carbocycles. The molecule has 2 aliphatic rings. The number of piperidine rings is 1. The van der Waals surface area contributed by atoms with E-state index in [-0.39, 0.29) is 0 Å². The minimum absolute atomic E-state index is 0.610. The van der Waals surface area contributed by atoms with E-state index in [1.54, 1.807) is 0 Å². The molecule has 2 rings (SSSR count). The van der Waals surface area contributed by atoms with Gasteiger partial charge in [0.15, 0.2) is 0 Å². The molecule has 2 fully saturated rings. The largest absolute Gasteiger partial charge is 0.368 e. The number of likely N-dealkylation sites (N-methyl/N-ethyl adjacent to an activating group) is 1. The number of epoxide rings is 1. The highest BCUT2D eigenvalue weighted by atomic mass is 16.6. The van der Waals surface area contributed by atoms with Crippen LogP contribution in [0.2, 0.25) is 0 Å². The second kappa shape index (κ2) is 1.96. The first-order valence-corrected chi connectivity index (χ1v) is 3.78. The molecule has 2 aliphatic heterocycles. The van der Waals surface area contributed by atoms with Gasteiger partial charge in [-0.25, -0.2) is 0 Å². The summed E-state index contributed by atoms with van der Waals surface area (Å²) in [5.74, 6) is 0. The van der Waals surface area contributed by atoms with Gasteiger partial charge < -0.3 is 9.64 Å². The van der Waals surface area contributed by atoms with Gasteiger partial charge in [0, 0.05) is 13.1 Å². The molecule has 2 heteroatoms. The summed E-state index contributed by atoms with van der Waals surface area (Å²) in [6, 6.07) is 0. The van der Waals surface area contributed by atoms with Crippen molar-refractivity contribution in [2.24, 2.45) is 0 Å². The molecule has 9 heavy (non-hydrogen) atoms. The minimum atomic E-state index is 0.610. The Morgan fingerprint density at radius 3 is 3.11 bits per heavy atom. The topological polar surface area (TPSA) is 15.8 Å². The van der Waals surface area contributed by atoms with Crippen molar-refractivity contribution in [2.45, 2.75) is 25.6 Å². The van der Waals surface area contributed by atoms with Crippen LogP contribution >= 0.6 is 0 Å². The van der Waals surface area contributed by atoms with E-state index in [0.717, 1.165) is 0 Å². The maximum Gasteiger partial charge on any atom is 0.0968 e. The van der Waals surface area contributed by atoms with Crippen LogP contribution in [0.25, 0.3) is 0 Å². The molecule has 2 saturated heterocycles. The average molecular weight is 127 g/mol. The van der Waals surface area contributed by atoms with Gasteiger partial charge in [-0.15, -0.1) is 0 Å². The third-order valence-corrected chi connectivity index (χ3v) is 2.30. The maximum atomic E-state index is 5.37. The van der Waals surface area contributed by atoms with E-state index in [4.69, 9.17) is 4.74 Å². The normalized spacial score (nSPS) is 42.3. The Morgan fingerprint density at radius 2 is 2.44 bits per heavy atom. The number of fused-ring (bicyclic) bond motifs is 1. The molecule has 0 radical (unpaired) electrons. The van der Waals surface area contributed by atoms with Crippen molar-refractivity contribution < 1.29 is 4.74 Å². The van der Waals surface area contributed by atoms with Crippen molar-refractivity contribution in [1.82, 2.24) is 4.90 Å². The summed E-state index contributed by atoms with van der Waals surface area (Å²) in [5.41, 5.74) is 0. The van der Waals surface area contributed by atoms with Gasteiger partial charge in [0.2, 0.25) is 0 Å². The van der Waals surface area contributed by atoms with Crippen LogP contribution in [-0.2, 0) is 4.74 Å². The molecular weight excluding hydrogens is 114 g/mol. The summed E-state index contributed by atoms with van der Waals surface area (Å²) in [6.07, 6.45) is 2.52. The summed E-state index contributed by atoms with van der Waals surface area (Å²) in [4.78, 5) is 2.45. The fourth-order valence-electron chi connectivity index (χ4n) is 1.54. The van der Waals surface area contributed by atoms with E-state index < -0.39 is 0 Å². The van der Waals surface area contributed by atoms with Crippen molar-refractivity contribution >= 4 is 0 Å². The molecule has 0 aromatic rings. The lowest BCUT2D eigenvalue weighted by molar-refractivity contribution is 0.258. The standard InChI is InChI=1S/C7H13NO/c1-2-8-4-3-6-7(5-8)9-6/h6-7H,2-5H2,1H3/t6-,7-/m0/s1. The van der Waals surface area contributed by atoms with E-state index in [1.165, 1.54) is 26.1 Å². The minimum Gasteiger partial charge on any atom is -0.368 e. The van der Waals surface area contributed by atoms with Crippen LogP contribution in [0.3, 0.4) is 0 Å². The lowest BCUT2D eigenvalue weighted by Gasteiger charge is -2.21.